The average molecular weight is 300 g/mol. The van der Waals surface area contributed by atoms with Gasteiger partial charge in [0.15, 0.2) is 0 Å². The molecule has 0 N–H and O–H groups in total. The van der Waals surface area contributed by atoms with Gasteiger partial charge in [0.05, 0.1) is 5.41 Å². The first kappa shape index (κ1) is 14.2. The molecule has 2 aromatic carbocycles. The van der Waals surface area contributed by atoms with Gasteiger partial charge in [0, 0.05) is 18.6 Å². The molecular weight excluding hydrogens is 282 g/mol. The quantitative estimate of drug-likeness (QED) is 0.834. The highest BCUT2D eigenvalue weighted by Gasteiger charge is 2.52. The summed E-state index contributed by atoms with van der Waals surface area (Å²) in [5.41, 5.74) is 1.91. The molecule has 0 aromatic heterocycles. The van der Waals surface area contributed by atoms with Gasteiger partial charge >= 0.3 is 0 Å². The number of nitrogens with zero attached hydrogens (tertiary/aromatic N) is 1. The molecule has 21 heavy (non-hydrogen) atoms. The number of amides is 1. The molecule has 1 aliphatic carbocycles. The molecule has 2 aromatic rings. The van der Waals surface area contributed by atoms with Crippen LogP contribution in [0.1, 0.15) is 24.0 Å². The molecule has 1 amide bonds. The Labute approximate surface area is 130 Å². The molecule has 0 bridgehead atoms. The summed E-state index contributed by atoms with van der Waals surface area (Å²) in [4.78, 5) is 14.6. The fourth-order valence-electron chi connectivity index (χ4n) is 2.81. The van der Waals surface area contributed by atoms with Gasteiger partial charge in [-0.15, -0.1) is 0 Å². The maximum absolute atomic E-state index is 12.8. The van der Waals surface area contributed by atoms with Gasteiger partial charge in [0.25, 0.3) is 0 Å². The van der Waals surface area contributed by atoms with Crippen LogP contribution in [0.25, 0.3) is 0 Å². The number of hydrogen-bond acceptors (Lipinski definition) is 1. The average Bonchev–Trinajstić information content (AvgIpc) is 3.30. The van der Waals surface area contributed by atoms with Crippen molar-refractivity contribution < 1.29 is 4.79 Å². The molecule has 0 unspecified atom stereocenters. The van der Waals surface area contributed by atoms with E-state index >= 15 is 0 Å². The first-order valence-electron chi connectivity index (χ1n) is 7.17. The van der Waals surface area contributed by atoms with Crippen molar-refractivity contribution >= 4 is 17.5 Å². The van der Waals surface area contributed by atoms with Gasteiger partial charge < -0.3 is 4.90 Å². The monoisotopic (exact) mass is 299 g/mol. The lowest BCUT2D eigenvalue weighted by Crippen LogP contribution is -2.36. The molecule has 0 atom stereocenters. The summed E-state index contributed by atoms with van der Waals surface area (Å²) in [7, 11) is 1.88. The zero-order chi connectivity index (χ0) is 14.9. The molecule has 0 radical (unpaired) electrons. The zero-order valence-electron chi connectivity index (χ0n) is 12.1. The molecule has 1 aliphatic rings. The minimum Gasteiger partial charge on any atom is -0.341 e. The number of hydrogen-bond donors (Lipinski definition) is 0. The molecule has 0 aliphatic heterocycles. The second-order valence-corrected chi connectivity index (χ2v) is 6.17. The molecular formula is C18H18ClNO. The number of carbonyl (C=O) groups is 1. The second-order valence-electron chi connectivity index (χ2n) is 5.74. The Morgan fingerprint density at radius 2 is 1.71 bits per heavy atom. The number of benzene rings is 2. The Kier molecular flexibility index (Phi) is 3.73. The van der Waals surface area contributed by atoms with Gasteiger partial charge in [-0.05, 0) is 36.1 Å². The minimum absolute atomic E-state index is 0.202. The van der Waals surface area contributed by atoms with E-state index in [2.05, 4.69) is 0 Å². The Hall–Kier alpha value is -1.80. The summed E-state index contributed by atoms with van der Waals surface area (Å²) in [6.07, 6.45) is 1.85. The second kappa shape index (κ2) is 5.53. The minimum atomic E-state index is -0.325. The van der Waals surface area contributed by atoms with Crippen LogP contribution in [0, 0.1) is 0 Å². The largest absolute Gasteiger partial charge is 0.341 e. The third-order valence-electron chi connectivity index (χ3n) is 4.17. The highest BCUT2D eigenvalue weighted by molar-refractivity contribution is 6.30. The highest BCUT2D eigenvalue weighted by atomic mass is 35.5. The Bertz CT molecular complexity index is 632. The summed E-state index contributed by atoms with van der Waals surface area (Å²) in [6.45, 7) is 0.648. The molecule has 1 saturated carbocycles. The van der Waals surface area contributed by atoms with E-state index in [-0.39, 0.29) is 11.3 Å². The van der Waals surface area contributed by atoms with E-state index in [0.717, 1.165) is 24.0 Å². The molecule has 108 valence electrons. The highest BCUT2D eigenvalue weighted by Crippen LogP contribution is 2.49. The third-order valence-corrected chi connectivity index (χ3v) is 4.42. The van der Waals surface area contributed by atoms with Gasteiger partial charge in [0.2, 0.25) is 5.91 Å². The Morgan fingerprint density at radius 3 is 2.29 bits per heavy atom. The number of carbonyl (C=O) groups excluding carboxylic acids is 1. The molecule has 0 saturated heterocycles. The van der Waals surface area contributed by atoms with Crippen LogP contribution in [-0.4, -0.2) is 17.9 Å². The van der Waals surface area contributed by atoms with E-state index in [1.807, 2.05) is 66.5 Å². The molecule has 0 spiro atoms. The normalized spacial score (nSPS) is 15.5. The van der Waals surface area contributed by atoms with Crippen LogP contribution in [0.4, 0.5) is 0 Å². The summed E-state index contributed by atoms with van der Waals surface area (Å²) >= 11 is 5.94. The van der Waals surface area contributed by atoms with Crippen molar-refractivity contribution in [2.75, 3.05) is 7.05 Å². The number of likely N-dealkylation sites (N-methyl/N-ethyl adjacent to an activating group) is 1. The summed E-state index contributed by atoms with van der Waals surface area (Å²) in [6, 6.07) is 17.8. The topological polar surface area (TPSA) is 20.3 Å². The number of rotatable bonds is 4. The van der Waals surface area contributed by atoms with Crippen molar-refractivity contribution in [2.24, 2.45) is 0 Å². The first-order valence-corrected chi connectivity index (χ1v) is 7.55. The van der Waals surface area contributed by atoms with Gasteiger partial charge in [-0.25, -0.2) is 0 Å². The van der Waals surface area contributed by atoms with Gasteiger partial charge in [-0.1, -0.05) is 54.1 Å². The molecule has 0 heterocycles. The van der Waals surface area contributed by atoms with E-state index in [9.17, 15) is 4.79 Å². The van der Waals surface area contributed by atoms with Crippen LogP contribution in [0.15, 0.2) is 54.6 Å². The first-order chi connectivity index (χ1) is 10.1. The lowest BCUT2D eigenvalue weighted by molar-refractivity contribution is -0.133. The van der Waals surface area contributed by atoms with Gasteiger partial charge in [0.1, 0.15) is 0 Å². The van der Waals surface area contributed by atoms with E-state index in [4.69, 9.17) is 11.6 Å². The maximum atomic E-state index is 12.8. The predicted molar refractivity (Wildman–Crippen MR) is 85.3 cm³/mol. The van der Waals surface area contributed by atoms with Crippen LogP contribution in [0.5, 0.6) is 0 Å². The van der Waals surface area contributed by atoms with E-state index in [0.29, 0.717) is 11.6 Å². The van der Waals surface area contributed by atoms with Gasteiger partial charge in [-0.2, -0.15) is 0 Å². The van der Waals surface area contributed by atoms with E-state index < -0.39 is 0 Å². The predicted octanol–water partition coefficient (Wildman–Crippen LogP) is 4.03. The molecule has 3 heteroatoms. The van der Waals surface area contributed by atoms with Crippen LogP contribution in [-0.2, 0) is 16.8 Å². The van der Waals surface area contributed by atoms with Crippen LogP contribution >= 0.6 is 11.6 Å². The van der Waals surface area contributed by atoms with Crippen LogP contribution in [0.3, 0.4) is 0 Å². The van der Waals surface area contributed by atoms with Crippen molar-refractivity contribution in [3.8, 4) is 0 Å². The van der Waals surface area contributed by atoms with Crippen LogP contribution in [0.2, 0.25) is 5.02 Å². The molecule has 1 fully saturated rings. The van der Waals surface area contributed by atoms with E-state index in [1.54, 1.807) is 0 Å². The maximum Gasteiger partial charge on any atom is 0.233 e. The van der Waals surface area contributed by atoms with Crippen molar-refractivity contribution in [2.45, 2.75) is 24.8 Å². The van der Waals surface area contributed by atoms with Crippen molar-refractivity contribution in [3.63, 3.8) is 0 Å². The molecule has 2 nitrogen and oxygen atoms in total. The summed E-state index contributed by atoms with van der Waals surface area (Å²) in [5.74, 6) is 0.202. The Balaban J connectivity index is 1.76. The smallest absolute Gasteiger partial charge is 0.233 e. The lowest BCUT2D eigenvalue weighted by Gasteiger charge is -2.24. The van der Waals surface area contributed by atoms with Gasteiger partial charge in [-0.3, -0.25) is 4.79 Å². The number of halogens is 1. The third kappa shape index (κ3) is 2.81. The fraction of sp³-hybridized carbons (Fsp3) is 0.278. The standard InChI is InChI=1S/C18H18ClNO/c1-20(13-14-5-3-2-4-6-14)17(21)18(11-12-18)15-7-9-16(19)10-8-15/h2-10H,11-13H2,1H3. The van der Waals surface area contributed by atoms with Crippen molar-refractivity contribution in [3.05, 3.63) is 70.7 Å². The zero-order valence-corrected chi connectivity index (χ0v) is 12.8. The molecule has 3 rings (SSSR count). The SMILES string of the molecule is CN(Cc1ccccc1)C(=O)C1(c2ccc(Cl)cc2)CC1. The summed E-state index contributed by atoms with van der Waals surface area (Å²) < 4.78 is 0. The lowest BCUT2D eigenvalue weighted by atomic mass is 9.94. The van der Waals surface area contributed by atoms with E-state index in [1.165, 1.54) is 0 Å². The van der Waals surface area contributed by atoms with Crippen LogP contribution < -0.4 is 0 Å². The fourth-order valence-corrected chi connectivity index (χ4v) is 2.94. The van der Waals surface area contributed by atoms with Crippen molar-refractivity contribution in [1.82, 2.24) is 4.90 Å². The Morgan fingerprint density at radius 1 is 1.10 bits per heavy atom. The summed E-state index contributed by atoms with van der Waals surface area (Å²) in [5, 5.41) is 0.708. The van der Waals surface area contributed by atoms with Crippen molar-refractivity contribution in [1.29, 1.82) is 0 Å².